The number of hydrogen-bond acceptors (Lipinski definition) is 1. The third kappa shape index (κ3) is 3.30. The molecule has 3 nitrogen and oxygen atoms in total. The number of urea groups is 1. The van der Waals surface area contributed by atoms with Crippen LogP contribution in [0.2, 0.25) is 10.0 Å². The molecule has 2 amide bonds. The summed E-state index contributed by atoms with van der Waals surface area (Å²) >= 11 is 12.1. The molecule has 0 radical (unpaired) electrons. The Balaban J connectivity index is 2.06. The first-order valence-electron chi connectivity index (χ1n) is 6.18. The van der Waals surface area contributed by atoms with Crippen LogP contribution in [0.5, 0.6) is 0 Å². The van der Waals surface area contributed by atoms with Crippen molar-refractivity contribution in [2.45, 2.75) is 25.7 Å². The van der Waals surface area contributed by atoms with Gasteiger partial charge in [0, 0.05) is 13.1 Å². The number of benzene rings is 1. The summed E-state index contributed by atoms with van der Waals surface area (Å²) in [6.45, 7) is 1.60. The molecule has 1 saturated heterocycles. The number of carbonyl (C=O) groups excluding carboxylic acids is 1. The topological polar surface area (TPSA) is 32.3 Å². The Labute approximate surface area is 117 Å². The Morgan fingerprint density at radius 1 is 1.06 bits per heavy atom. The molecule has 1 fully saturated rings. The number of nitrogens with one attached hydrogen (secondary N) is 1. The third-order valence-electron chi connectivity index (χ3n) is 3.09. The lowest BCUT2D eigenvalue weighted by molar-refractivity contribution is 0.214. The number of likely N-dealkylation sites (tertiary alicyclic amines) is 1. The number of halogens is 2. The van der Waals surface area contributed by atoms with E-state index in [1.54, 1.807) is 18.2 Å². The molecule has 0 aliphatic carbocycles. The average molecular weight is 287 g/mol. The van der Waals surface area contributed by atoms with Crippen LogP contribution in [0.15, 0.2) is 18.2 Å². The van der Waals surface area contributed by atoms with Crippen molar-refractivity contribution in [3.63, 3.8) is 0 Å². The van der Waals surface area contributed by atoms with Gasteiger partial charge in [0.25, 0.3) is 0 Å². The standard InChI is InChI=1S/C13H16Cl2N2O/c14-10-6-5-7-11(15)12(10)16-13(18)17-8-3-1-2-4-9-17/h5-7H,1-4,8-9H2,(H,16,18). The molecule has 1 heterocycles. The summed E-state index contributed by atoms with van der Waals surface area (Å²) in [5.74, 6) is 0. The van der Waals surface area contributed by atoms with E-state index in [0.29, 0.717) is 15.7 Å². The van der Waals surface area contributed by atoms with E-state index in [-0.39, 0.29) is 6.03 Å². The second-order valence-corrected chi connectivity index (χ2v) is 5.24. The summed E-state index contributed by atoms with van der Waals surface area (Å²) in [6, 6.07) is 5.07. The van der Waals surface area contributed by atoms with Gasteiger partial charge in [0.1, 0.15) is 0 Å². The number of nitrogens with zero attached hydrogens (tertiary/aromatic N) is 1. The van der Waals surface area contributed by atoms with Crippen molar-refractivity contribution in [2.24, 2.45) is 0 Å². The van der Waals surface area contributed by atoms with Crippen molar-refractivity contribution >= 4 is 34.9 Å². The van der Waals surface area contributed by atoms with E-state index in [0.717, 1.165) is 25.9 Å². The van der Waals surface area contributed by atoms with Crippen LogP contribution in [-0.2, 0) is 0 Å². The molecule has 1 aliphatic heterocycles. The number of para-hydroxylation sites is 1. The van der Waals surface area contributed by atoms with Crippen LogP contribution in [-0.4, -0.2) is 24.0 Å². The molecule has 0 aromatic heterocycles. The second-order valence-electron chi connectivity index (χ2n) is 4.43. The van der Waals surface area contributed by atoms with Gasteiger partial charge in [-0.2, -0.15) is 0 Å². The average Bonchev–Trinajstić information content (AvgIpc) is 2.62. The van der Waals surface area contributed by atoms with Gasteiger partial charge < -0.3 is 10.2 Å². The third-order valence-corrected chi connectivity index (χ3v) is 3.72. The van der Waals surface area contributed by atoms with Gasteiger partial charge in [-0.15, -0.1) is 0 Å². The molecule has 18 heavy (non-hydrogen) atoms. The van der Waals surface area contributed by atoms with Crippen molar-refractivity contribution in [1.29, 1.82) is 0 Å². The maximum atomic E-state index is 12.1. The molecule has 0 spiro atoms. The van der Waals surface area contributed by atoms with Crippen molar-refractivity contribution in [2.75, 3.05) is 18.4 Å². The second kappa shape index (κ2) is 6.30. The molecular formula is C13H16Cl2N2O. The zero-order valence-corrected chi connectivity index (χ0v) is 11.6. The highest BCUT2D eigenvalue weighted by Gasteiger charge is 2.17. The van der Waals surface area contributed by atoms with Gasteiger partial charge >= 0.3 is 6.03 Å². The van der Waals surface area contributed by atoms with E-state index in [1.807, 2.05) is 4.90 Å². The number of anilines is 1. The highest BCUT2D eigenvalue weighted by molar-refractivity contribution is 6.39. The van der Waals surface area contributed by atoms with E-state index in [1.165, 1.54) is 12.8 Å². The first kappa shape index (κ1) is 13.5. The van der Waals surface area contributed by atoms with Gasteiger partial charge in [-0.3, -0.25) is 0 Å². The van der Waals surface area contributed by atoms with Crippen LogP contribution in [0.4, 0.5) is 10.5 Å². The van der Waals surface area contributed by atoms with E-state index >= 15 is 0 Å². The summed E-state index contributed by atoms with van der Waals surface area (Å²) < 4.78 is 0. The Morgan fingerprint density at radius 2 is 1.61 bits per heavy atom. The Bertz CT molecular complexity index is 409. The summed E-state index contributed by atoms with van der Waals surface area (Å²) in [6.07, 6.45) is 4.50. The fourth-order valence-electron chi connectivity index (χ4n) is 2.08. The highest BCUT2D eigenvalue weighted by Crippen LogP contribution is 2.30. The minimum atomic E-state index is -0.119. The zero-order valence-electron chi connectivity index (χ0n) is 10.1. The van der Waals surface area contributed by atoms with Gasteiger partial charge in [0.2, 0.25) is 0 Å². The van der Waals surface area contributed by atoms with Crippen LogP contribution in [0.25, 0.3) is 0 Å². The fraction of sp³-hybridized carbons (Fsp3) is 0.462. The minimum absolute atomic E-state index is 0.119. The SMILES string of the molecule is O=C(Nc1c(Cl)cccc1Cl)N1CCCCCC1. The van der Waals surface area contributed by atoms with Gasteiger partial charge in [-0.25, -0.2) is 4.79 Å². The summed E-state index contributed by atoms with van der Waals surface area (Å²) in [7, 11) is 0. The van der Waals surface area contributed by atoms with Crippen molar-refractivity contribution in [3.8, 4) is 0 Å². The summed E-state index contributed by atoms with van der Waals surface area (Å²) in [4.78, 5) is 13.9. The monoisotopic (exact) mass is 286 g/mol. The van der Waals surface area contributed by atoms with Crippen LogP contribution >= 0.6 is 23.2 Å². The predicted octanol–water partition coefficient (Wildman–Crippen LogP) is 4.40. The van der Waals surface area contributed by atoms with E-state index in [2.05, 4.69) is 5.32 Å². The molecule has 2 rings (SSSR count). The van der Waals surface area contributed by atoms with Crippen LogP contribution in [0, 0.1) is 0 Å². The maximum absolute atomic E-state index is 12.1. The lowest BCUT2D eigenvalue weighted by Gasteiger charge is -2.21. The lowest BCUT2D eigenvalue weighted by atomic mass is 10.2. The van der Waals surface area contributed by atoms with Gasteiger partial charge in [0.15, 0.2) is 0 Å². The molecule has 0 bridgehead atoms. The first-order chi connectivity index (χ1) is 8.68. The normalized spacial score (nSPS) is 16.2. The molecule has 98 valence electrons. The predicted molar refractivity (Wildman–Crippen MR) is 75.5 cm³/mol. The Morgan fingerprint density at radius 3 is 2.17 bits per heavy atom. The van der Waals surface area contributed by atoms with Gasteiger partial charge in [0.05, 0.1) is 15.7 Å². The number of carbonyl (C=O) groups is 1. The van der Waals surface area contributed by atoms with E-state index in [9.17, 15) is 4.79 Å². The number of rotatable bonds is 1. The molecule has 0 atom stereocenters. The van der Waals surface area contributed by atoms with E-state index in [4.69, 9.17) is 23.2 Å². The molecular weight excluding hydrogens is 271 g/mol. The maximum Gasteiger partial charge on any atom is 0.321 e. The molecule has 1 aromatic carbocycles. The molecule has 1 aliphatic rings. The molecule has 1 aromatic rings. The Hall–Kier alpha value is -0.930. The van der Waals surface area contributed by atoms with Crippen LogP contribution < -0.4 is 5.32 Å². The van der Waals surface area contributed by atoms with Crippen molar-refractivity contribution < 1.29 is 4.79 Å². The lowest BCUT2D eigenvalue weighted by Crippen LogP contribution is -2.35. The quantitative estimate of drug-likeness (QED) is 0.815. The minimum Gasteiger partial charge on any atom is -0.325 e. The van der Waals surface area contributed by atoms with Crippen LogP contribution in [0.1, 0.15) is 25.7 Å². The number of amides is 2. The largest absolute Gasteiger partial charge is 0.325 e. The van der Waals surface area contributed by atoms with Crippen molar-refractivity contribution in [1.82, 2.24) is 4.90 Å². The van der Waals surface area contributed by atoms with E-state index < -0.39 is 0 Å². The molecule has 1 N–H and O–H groups in total. The van der Waals surface area contributed by atoms with Crippen LogP contribution in [0.3, 0.4) is 0 Å². The van der Waals surface area contributed by atoms with Gasteiger partial charge in [-0.1, -0.05) is 42.1 Å². The molecule has 5 heteroatoms. The smallest absolute Gasteiger partial charge is 0.321 e. The molecule has 0 unspecified atom stereocenters. The summed E-state index contributed by atoms with van der Waals surface area (Å²) in [5.41, 5.74) is 0.495. The summed E-state index contributed by atoms with van der Waals surface area (Å²) in [5, 5.41) is 3.73. The van der Waals surface area contributed by atoms with Crippen molar-refractivity contribution in [3.05, 3.63) is 28.2 Å². The Kier molecular flexibility index (Phi) is 4.72. The first-order valence-corrected chi connectivity index (χ1v) is 6.94. The number of hydrogen-bond donors (Lipinski definition) is 1. The molecule has 0 saturated carbocycles. The zero-order chi connectivity index (χ0) is 13.0. The highest BCUT2D eigenvalue weighted by atomic mass is 35.5. The van der Waals surface area contributed by atoms with Gasteiger partial charge in [-0.05, 0) is 25.0 Å². The fourth-order valence-corrected chi connectivity index (χ4v) is 2.57.